The monoisotopic (exact) mass is 276 g/mol. The third-order valence-corrected chi connectivity index (χ3v) is 4.68. The van der Waals surface area contributed by atoms with Gasteiger partial charge in [-0.1, -0.05) is 49.6 Å². The Balaban J connectivity index is 1.88. The molecule has 0 aliphatic heterocycles. The van der Waals surface area contributed by atoms with Gasteiger partial charge in [-0.25, -0.2) is 0 Å². The summed E-state index contributed by atoms with van der Waals surface area (Å²) in [5.41, 5.74) is 10.6. The zero-order valence-electron chi connectivity index (χ0n) is 12.2. The molecule has 21 heavy (non-hydrogen) atoms. The number of hydrogen-bond acceptors (Lipinski definition) is 2. The van der Waals surface area contributed by atoms with Gasteiger partial charge in [-0.2, -0.15) is 0 Å². The number of nitrogens with zero attached hydrogens (tertiary/aromatic N) is 1. The number of nitrogens with two attached hydrogens (primary N) is 1. The van der Waals surface area contributed by atoms with Crippen LogP contribution in [0.25, 0.3) is 16.8 Å². The quantitative estimate of drug-likeness (QED) is 0.761. The van der Waals surface area contributed by atoms with E-state index in [1.807, 2.05) is 6.07 Å². The van der Waals surface area contributed by atoms with Crippen LogP contribution in [-0.4, -0.2) is 11.8 Å². The number of nitrogen functional groups attached to an aromatic ring is 1. The molecule has 0 heterocycles. The summed E-state index contributed by atoms with van der Waals surface area (Å²) >= 11 is 0. The smallest absolute Gasteiger partial charge is 0.0677 e. The largest absolute Gasteiger partial charge is 0.398 e. The number of rotatable bonds is 1. The molecule has 2 aliphatic rings. The Morgan fingerprint density at radius 1 is 0.952 bits per heavy atom. The van der Waals surface area contributed by atoms with E-state index in [4.69, 9.17) is 10.7 Å². The molecule has 0 unspecified atom stereocenters. The number of benzene rings is 2. The molecule has 2 N–H and O–H groups in total. The summed E-state index contributed by atoms with van der Waals surface area (Å²) in [4.78, 5) is 5.03. The molecule has 2 nitrogen and oxygen atoms in total. The maximum Gasteiger partial charge on any atom is 0.0677 e. The first-order valence-corrected chi connectivity index (χ1v) is 7.90. The minimum atomic E-state index is 0.471. The van der Waals surface area contributed by atoms with Gasteiger partial charge in [0.1, 0.15) is 0 Å². The summed E-state index contributed by atoms with van der Waals surface area (Å²) in [5, 5.41) is 2.51. The molecule has 1 saturated carbocycles. The van der Waals surface area contributed by atoms with Gasteiger partial charge in [-0.3, -0.25) is 4.99 Å². The fourth-order valence-electron chi connectivity index (χ4n) is 3.60. The van der Waals surface area contributed by atoms with Gasteiger partial charge in [-0.15, -0.1) is 0 Å². The molecule has 0 atom stereocenters. The number of aliphatic imine (C=N–C) groups is 1. The highest BCUT2D eigenvalue weighted by atomic mass is 14.8. The van der Waals surface area contributed by atoms with Gasteiger partial charge in [0.2, 0.25) is 0 Å². The molecule has 1 fully saturated rings. The maximum absolute atomic E-state index is 6.28. The highest BCUT2D eigenvalue weighted by molar-refractivity contribution is 6.25. The molecule has 2 aliphatic carbocycles. The zero-order valence-corrected chi connectivity index (χ0v) is 12.2. The van der Waals surface area contributed by atoms with Crippen molar-refractivity contribution in [3.05, 3.63) is 47.5 Å². The molecule has 2 aromatic rings. The second-order valence-corrected chi connectivity index (χ2v) is 6.11. The lowest BCUT2D eigenvalue weighted by Gasteiger charge is -2.21. The van der Waals surface area contributed by atoms with Crippen LogP contribution in [0.15, 0.2) is 41.4 Å². The van der Waals surface area contributed by atoms with E-state index >= 15 is 0 Å². The summed E-state index contributed by atoms with van der Waals surface area (Å²) in [5.74, 6) is 0. The van der Waals surface area contributed by atoms with Gasteiger partial charge >= 0.3 is 0 Å². The number of allylic oxidation sites excluding steroid dienone is 1. The molecular formula is C19H20N2. The van der Waals surface area contributed by atoms with Gasteiger partial charge < -0.3 is 5.73 Å². The van der Waals surface area contributed by atoms with Crippen LogP contribution >= 0.6 is 0 Å². The molecule has 0 saturated heterocycles. The number of anilines is 1. The topological polar surface area (TPSA) is 38.4 Å². The van der Waals surface area contributed by atoms with Crippen molar-refractivity contribution in [3.63, 3.8) is 0 Å². The average Bonchev–Trinajstić information content (AvgIpc) is 2.53. The molecule has 2 aromatic carbocycles. The molecule has 0 radical (unpaired) electrons. The molecule has 106 valence electrons. The Kier molecular flexibility index (Phi) is 3.03. The summed E-state index contributed by atoms with van der Waals surface area (Å²) in [6, 6.07) is 11.0. The van der Waals surface area contributed by atoms with E-state index in [2.05, 4.69) is 36.4 Å². The van der Waals surface area contributed by atoms with E-state index in [9.17, 15) is 0 Å². The fraction of sp³-hybridized carbons (Fsp3) is 0.316. The molecule has 0 amide bonds. The van der Waals surface area contributed by atoms with Gasteiger partial charge in [0.25, 0.3) is 0 Å². The SMILES string of the molecule is Nc1ccc2cccc3c2c1C(=NC1CCCCC1)C=C3. The van der Waals surface area contributed by atoms with Gasteiger partial charge in [0, 0.05) is 16.6 Å². The van der Waals surface area contributed by atoms with E-state index in [1.54, 1.807) is 0 Å². The Hall–Kier alpha value is -2.09. The first-order chi connectivity index (χ1) is 10.3. The van der Waals surface area contributed by atoms with Crippen molar-refractivity contribution < 1.29 is 0 Å². The van der Waals surface area contributed by atoms with Crippen LogP contribution in [0, 0.1) is 0 Å². The summed E-state index contributed by atoms with van der Waals surface area (Å²) in [6.45, 7) is 0. The molecular weight excluding hydrogens is 256 g/mol. The van der Waals surface area contributed by atoms with Crippen molar-refractivity contribution in [2.24, 2.45) is 4.99 Å². The third-order valence-electron chi connectivity index (χ3n) is 4.68. The minimum Gasteiger partial charge on any atom is -0.398 e. The first kappa shape index (κ1) is 12.6. The number of hydrogen-bond donors (Lipinski definition) is 1. The summed E-state index contributed by atoms with van der Waals surface area (Å²) < 4.78 is 0. The normalized spacial score (nSPS) is 20.3. The lowest BCUT2D eigenvalue weighted by atomic mass is 9.89. The van der Waals surface area contributed by atoms with E-state index in [-0.39, 0.29) is 0 Å². The van der Waals surface area contributed by atoms with Crippen LogP contribution in [0.1, 0.15) is 43.2 Å². The summed E-state index contributed by atoms with van der Waals surface area (Å²) in [6.07, 6.45) is 10.7. The van der Waals surface area contributed by atoms with Crippen LogP contribution < -0.4 is 5.73 Å². The van der Waals surface area contributed by atoms with Crippen molar-refractivity contribution >= 4 is 28.2 Å². The lowest BCUT2D eigenvalue weighted by molar-refractivity contribution is 0.444. The van der Waals surface area contributed by atoms with Crippen molar-refractivity contribution in [3.8, 4) is 0 Å². The van der Waals surface area contributed by atoms with Crippen molar-refractivity contribution in [1.29, 1.82) is 0 Å². The zero-order chi connectivity index (χ0) is 14.2. The van der Waals surface area contributed by atoms with Crippen molar-refractivity contribution in [1.82, 2.24) is 0 Å². The maximum atomic E-state index is 6.28. The predicted octanol–water partition coefficient (Wildman–Crippen LogP) is 4.57. The molecule has 0 aromatic heterocycles. The summed E-state index contributed by atoms with van der Waals surface area (Å²) in [7, 11) is 0. The van der Waals surface area contributed by atoms with Gasteiger partial charge in [0.15, 0.2) is 0 Å². The molecule has 2 heteroatoms. The van der Waals surface area contributed by atoms with Crippen LogP contribution in [0.3, 0.4) is 0 Å². The van der Waals surface area contributed by atoms with Crippen molar-refractivity contribution in [2.45, 2.75) is 38.1 Å². The highest BCUT2D eigenvalue weighted by Crippen LogP contribution is 2.33. The third kappa shape index (κ3) is 2.15. The minimum absolute atomic E-state index is 0.471. The average molecular weight is 276 g/mol. The van der Waals surface area contributed by atoms with Crippen LogP contribution in [-0.2, 0) is 0 Å². The second kappa shape index (κ2) is 5.03. The van der Waals surface area contributed by atoms with E-state index in [0.717, 1.165) is 17.0 Å². The Bertz CT molecular complexity index is 749. The van der Waals surface area contributed by atoms with Crippen LogP contribution in [0.4, 0.5) is 5.69 Å². The lowest BCUT2D eigenvalue weighted by Crippen LogP contribution is -2.15. The van der Waals surface area contributed by atoms with Crippen LogP contribution in [0.5, 0.6) is 0 Å². The van der Waals surface area contributed by atoms with Gasteiger partial charge in [-0.05, 0) is 35.9 Å². The molecule has 4 rings (SSSR count). The fourth-order valence-corrected chi connectivity index (χ4v) is 3.60. The molecule has 0 bridgehead atoms. The van der Waals surface area contributed by atoms with Crippen LogP contribution in [0.2, 0.25) is 0 Å². The standard InChI is InChI=1S/C19H20N2/c20-16-11-9-13-5-4-6-14-10-12-17(19(16)18(13)14)21-15-7-2-1-3-8-15/h4-6,9-12,15H,1-3,7-8,20H2. The highest BCUT2D eigenvalue weighted by Gasteiger charge is 2.19. The predicted molar refractivity (Wildman–Crippen MR) is 90.8 cm³/mol. The molecule has 0 spiro atoms. The van der Waals surface area contributed by atoms with E-state index < -0.39 is 0 Å². The second-order valence-electron chi connectivity index (χ2n) is 6.11. The Labute approximate surface area is 125 Å². The van der Waals surface area contributed by atoms with Gasteiger partial charge in [0.05, 0.1) is 11.8 Å². The van der Waals surface area contributed by atoms with E-state index in [0.29, 0.717) is 6.04 Å². The Morgan fingerprint density at radius 2 is 1.81 bits per heavy atom. The van der Waals surface area contributed by atoms with E-state index in [1.165, 1.54) is 48.4 Å². The van der Waals surface area contributed by atoms with Crippen molar-refractivity contribution in [2.75, 3.05) is 5.73 Å². The Morgan fingerprint density at radius 3 is 2.67 bits per heavy atom. The first-order valence-electron chi connectivity index (χ1n) is 7.90.